The number of alkyl halides is 6. The van der Waals surface area contributed by atoms with Crippen molar-refractivity contribution < 1.29 is 0 Å². The molecule has 6 nitrogen and oxygen atoms in total. The highest BCUT2D eigenvalue weighted by Crippen LogP contribution is 2.71. The predicted molar refractivity (Wildman–Crippen MR) is 464 cm³/mol. The summed E-state index contributed by atoms with van der Waals surface area (Å²) in [5, 5.41) is 24.5. The van der Waals surface area contributed by atoms with Gasteiger partial charge >= 0.3 is 0 Å². The summed E-state index contributed by atoms with van der Waals surface area (Å²) in [4.78, 5) is 56.8. The molecular weight excluding hydrogens is 1490 g/mol. The Kier molecular flexibility index (Phi) is 14.5. The van der Waals surface area contributed by atoms with Gasteiger partial charge in [0.15, 0.2) is 29.3 Å². The van der Waals surface area contributed by atoms with Crippen molar-refractivity contribution >= 4 is 216 Å². The number of benzene rings is 15. The Labute approximate surface area is 661 Å². The first kappa shape index (κ1) is 66.1. The van der Waals surface area contributed by atoms with E-state index in [0.717, 1.165) is 148 Å². The predicted octanol–water partition coefficient (Wildman–Crippen LogP) is 25.3. The third-order valence-corrected chi connectivity index (χ3v) is 25.5. The molecule has 0 radical (unpaired) electrons. The molecule has 3 aliphatic carbocycles. The van der Waals surface area contributed by atoms with Gasteiger partial charge in [-0.3, -0.25) is 14.4 Å². The minimum atomic E-state index is -1.33. The van der Waals surface area contributed by atoms with Crippen LogP contribution in [0.15, 0.2) is 339 Å². The first-order valence-corrected chi connectivity index (χ1v) is 38.8. The Bertz CT molecular complexity index is 7230. The smallest absolute Gasteiger partial charge is 0.194 e. The molecule has 0 atom stereocenters. The van der Waals surface area contributed by atoms with Gasteiger partial charge in [-0.1, -0.05) is 343 Å². The van der Waals surface area contributed by atoms with Crippen molar-refractivity contribution in [3.63, 3.8) is 0 Å². The fourth-order valence-electron chi connectivity index (χ4n) is 18.8. The second-order valence-electron chi connectivity index (χ2n) is 28.8. The normalized spacial score (nSPS) is 14.7. The maximum Gasteiger partial charge on any atom is 0.194 e. The summed E-state index contributed by atoms with van der Waals surface area (Å²) in [5.41, 5.74) is 12.3. The Morgan fingerprint density at radius 1 is 0.189 bits per heavy atom. The molecule has 0 amide bonds. The lowest BCUT2D eigenvalue weighted by Gasteiger charge is -2.26. The highest BCUT2D eigenvalue weighted by atomic mass is 35.5. The molecule has 12 heteroatoms. The molecule has 0 N–H and O–H groups in total. The molecule has 0 spiro atoms. The van der Waals surface area contributed by atoms with Gasteiger partial charge in [0.25, 0.3) is 0 Å². The molecule has 21 aromatic rings. The highest BCUT2D eigenvalue weighted by Gasteiger charge is 2.57. The van der Waals surface area contributed by atoms with Gasteiger partial charge in [0.1, 0.15) is 0 Å². The second-order valence-corrected chi connectivity index (χ2v) is 32.7. The Hall–Kier alpha value is -11.9. The number of nitrogens with zero attached hydrogens (tertiary/aromatic N) is 3. The lowest BCUT2D eigenvalue weighted by Crippen LogP contribution is -2.16. The first-order valence-electron chi connectivity index (χ1n) is 36.5. The van der Waals surface area contributed by atoms with Crippen LogP contribution in [0.2, 0.25) is 0 Å². The van der Waals surface area contributed by atoms with Crippen LogP contribution in [0.1, 0.15) is 33.4 Å². The number of para-hydroxylation sites is 3. The van der Waals surface area contributed by atoms with E-state index in [2.05, 4.69) is 146 Å². The molecule has 3 aliphatic rings. The fourth-order valence-corrected chi connectivity index (χ4v) is 20.9. The zero-order chi connectivity index (χ0) is 74.7. The molecule has 0 aromatic heterocycles. The van der Waals surface area contributed by atoms with E-state index in [1.165, 1.54) is 32.3 Å². The number of rotatable bonds is 3. The van der Waals surface area contributed by atoms with Crippen LogP contribution in [0.4, 0.5) is 17.1 Å². The topological polar surface area (TPSA) is 88.3 Å². The van der Waals surface area contributed by atoms with E-state index in [4.69, 9.17) is 84.6 Å². The summed E-state index contributed by atoms with van der Waals surface area (Å²) in [5.74, 6) is 0. The molecular formula is C99H51Cl6N3O3. The summed E-state index contributed by atoms with van der Waals surface area (Å²) in [7, 11) is 0. The van der Waals surface area contributed by atoms with Gasteiger partial charge < -0.3 is 0 Å². The zero-order valence-electron chi connectivity index (χ0n) is 58.3. The Morgan fingerprint density at radius 3 is 0.631 bits per heavy atom. The average molecular weight is 1540 g/mol. The number of hydrogen-bond acceptors (Lipinski definition) is 6. The standard InChI is InChI=1S/C45H27N3.C27H12Cl6.C27H12O3/c1-4-16-28(17-5-1)46-43-34-25-13-10-22-31(34)37-40(43)38-32-23-11-14-26-35(32)44(47-29-18-6-2-7-19-29)42(38)39-33-24-12-15-27-36(33)45(41(37)39)48-30-20-8-3-9-21-30;28-25(29)16-10-4-1-7-13(16)19-22(25)20-15-9-3-6-12-18(15)27(32,33)24(20)21-14-8-2-5-11-17(14)26(30,31)23(19)21;28-25-16-10-4-1-7-13(16)19-22(25)20-15-9-3-6-12-18(15)27(30)24(20)21-14-8-2-5-11-17(14)26(29)23(19)21/h1-27H;1-12H;1-12H. The largest absolute Gasteiger partial charge is 0.289 e. The van der Waals surface area contributed by atoms with Gasteiger partial charge in [0.05, 0.1) is 33.1 Å². The fraction of sp³-hybridized carbons (Fsp3) is 0.0303. The van der Waals surface area contributed by atoms with Crippen LogP contribution in [-0.2, 0) is 13.0 Å². The molecule has 24 rings (SSSR count). The van der Waals surface area contributed by atoms with Crippen molar-refractivity contribution in [2.45, 2.75) is 13.0 Å². The third kappa shape index (κ3) is 9.12. The van der Waals surface area contributed by atoms with E-state index >= 15 is 0 Å². The third-order valence-electron chi connectivity index (χ3n) is 23.1. The Morgan fingerprint density at radius 2 is 0.378 bits per heavy atom. The van der Waals surface area contributed by atoms with E-state index < -0.39 is 13.0 Å². The van der Waals surface area contributed by atoms with Gasteiger partial charge in [-0.2, -0.15) is 0 Å². The van der Waals surface area contributed by atoms with Crippen LogP contribution in [0.5, 0.6) is 0 Å². The van der Waals surface area contributed by atoms with Crippen LogP contribution in [0.3, 0.4) is 0 Å². The van der Waals surface area contributed by atoms with E-state index in [1.54, 1.807) is 18.2 Å². The highest BCUT2D eigenvalue weighted by molar-refractivity contribution is 6.57. The molecule has 0 heterocycles. The summed E-state index contributed by atoms with van der Waals surface area (Å²) in [6.07, 6.45) is 0. The SMILES string of the molecule is ClC1(Cl)c2ccccc2-c2c1c1c(c3c2C(Cl)(Cl)c2ccccc2-3)C(Cl)(Cl)c2ccccc2-1.O=c1c2ccccc2c2c1c1c3ccccc3c(=O)c1c1c3ccccc3c(=O)c21.c1ccc(N=c2c3ccccc3c3c2c2c4ccccc4c(=Nc4ccccc4)c2c2c4ccccc4c(=Nc4ccccc4)c32)cc1. The number of fused-ring (bicyclic) bond motifs is 36. The molecule has 0 unspecified atom stereocenters. The molecule has 522 valence electrons. The van der Waals surface area contributed by atoms with Crippen molar-refractivity contribution in [2.75, 3.05) is 0 Å². The maximum absolute atomic E-state index is 13.5. The maximum atomic E-state index is 13.5. The number of hydrogen-bond donors (Lipinski definition) is 0. The van der Waals surface area contributed by atoms with Gasteiger partial charge in [0, 0.05) is 130 Å². The van der Waals surface area contributed by atoms with E-state index in [9.17, 15) is 14.4 Å². The molecule has 0 saturated heterocycles. The lowest BCUT2D eigenvalue weighted by atomic mass is 9.86. The second kappa shape index (κ2) is 24.3. The summed E-state index contributed by atoms with van der Waals surface area (Å²) in [6.45, 7) is 0. The average Bonchev–Trinajstić information content (AvgIpc) is 1.62. The summed E-state index contributed by atoms with van der Waals surface area (Å²) < 4.78 is -3.99. The van der Waals surface area contributed by atoms with Crippen molar-refractivity contribution in [1.29, 1.82) is 0 Å². The van der Waals surface area contributed by atoms with E-state index in [0.29, 0.717) is 48.5 Å². The minimum absolute atomic E-state index is 0.118. The van der Waals surface area contributed by atoms with E-state index in [1.807, 2.05) is 146 Å². The summed E-state index contributed by atoms with van der Waals surface area (Å²) >= 11 is 43.0. The molecule has 21 aromatic carbocycles. The Balaban J connectivity index is 0.000000106. The molecule has 0 saturated carbocycles. The molecule has 0 aliphatic heterocycles. The van der Waals surface area contributed by atoms with Crippen LogP contribution in [-0.4, -0.2) is 0 Å². The molecule has 111 heavy (non-hydrogen) atoms. The van der Waals surface area contributed by atoms with E-state index in [-0.39, 0.29) is 16.3 Å². The van der Waals surface area contributed by atoms with Crippen LogP contribution >= 0.6 is 69.6 Å². The number of halogens is 6. The van der Waals surface area contributed by atoms with Crippen molar-refractivity contribution in [3.8, 4) is 33.4 Å². The van der Waals surface area contributed by atoms with Gasteiger partial charge in [-0.25, -0.2) is 15.0 Å². The van der Waals surface area contributed by atoms with Gasteiger partial charge in [-0.15, -0.1) is 0 Å². The quantitative estimate of drug-likeness (QED) is 0.165. The van der Waals surface area contributed by atoms with Crippen LogP contribution < -0.4 is 32.4 Å². The van der Waals surface area contributed by atoms with Crippen LogP contribution in [0, 0.1) is 0 Å². The van der Waals surface area contributed by atoms with Crippen molar-refractivity contribution in [2.24, 2.45) is 15.0 Å². The van der Waals surface area contributed by atoms with Crippen LogP contribution in [0.25, 0.3) is 163 Å². The summed E-state index contributed by atoms with van der Waals surface area (Å²) in [6, 6.07) is 103. The van der Waals surface area contributed by atoms with Gasteiger partial charge in [-0.05, 0) is 102 Å². The first-order chi connectivity index (χ1) is 54.2. The van der Waals surface area contributed by atoms with Crippen molar-refractivity contribution in [1.82, 2.24) is 0 Å². The van der Waals surface area contributed by atoms with Crippen molar-refractivity contribution in [3.05, 3.63) is 390 Å². The minimum Gasteiger partial charge on any atom is -0.289 e. The molecule has 0 fully saturated rings. The zero-order valence-corrected chi connectivity index (χ0v) is 62.8. The molecule has 0 bridgehead atoms. The monoisotopic (exact) mass is 1540 g/mol. The van der Waals surface area contributed by atoms with Gasteiger partial charge in [0.2, 0.25) is 0 Å². The lowest BCUT2D eigenvalue weighted by molar-refractivity contribution is 1.04.